The van der Waals surface area contributed by atoms with E-state index in [2.05, 4.69) is 6.07 Å². The van der Waals surface area contributed by atoms with Gasteiger partial charge in [-0.1, -0.05) is 29.8 Å². The van der Waals surface area contributed by atoms with Crippen LogP contribution in [-0.2, 0) is 6.42 Å². The minimum Gasteiger partial charge on any atom is -0.293 e. The van der Waals surface area contributed by atoms with E-state index in [1.165, 1.54) is 0 Å². The van der Waals surface area contributed by atoms with Gasteiger partial charge in [0.25, 0.3) is 0 Å². The lowest BCUT2D eigenvalue weighted by atomic mass is 10.1. The number of nitrogens with zero attached hydrogens (tertiary/aromatic N) is 2. The molecule has 14 heavy (non-hydrogen) atoms. The largest absolute Gasteiger partial charge is 0.293 e. The van der Waals surface area contributed by atoms with E-state index in [9.17, 15) is 0 Å². The first-order valence-corrected chi connectivity index (χ1v) is 4.90. The van der Waals surface area contributed by atoms with Gasteiger partial charge < -0.3 is 0 Å². The molecular weight excluding hydrogens is 196 g/mol. The van der Waals surface area contributed by atoms with Crippen LogP contribution in [0.5, 0.6) is 0 Å². The zero-order valence-electron chi connectivity index (χ0n) is 8.20. The summed E-state index contributed by atoms with van der Waals surface area (Å²) in [5.41, 5.74) is 1.14. The summed E-state index contributed by atoms with van der Waals surface area (Å²) in [4.78, 5) is 1.98. The molecule has 0 spiro atoms. The number of rotatable bonds is 4. The van der Waals surface area contributed by atoms with Crippen LogP contribution < -0.4 is 0 Å². The third kappa shape index (κ3) is 3.37. The van der Waals surface area contributed by atoms with Crippen molar-refractivity contribution in [2.45, 2.75) is 6.42 Å². The molecule has 0 fully saturated rings. The molecule has 0 amide bonds. The summed E-state index contributed by atoms with van der Waals surface area (Å²) in [6.07, 6.45) is 0.887. The van der Waals surface area contributed by atoms with Crippen molar-refractivity contribution in [2.24, 2.45) is 0 Å². The summed E-state index contributed by atoms with van der Waals surface area (Å²) in [7, 11) is 1.93. The monoisotopic (exact) mass is 208 g/mol. The average Bonchev–Trinajstić information content (AvgIpc) is 2.17. The highest BCUT2D eigenvalue weighted by molar-refractivity contribution is 6.31. The van der Waals surface area contributed by atoms with Crippen molar-refractivity contribution in [3.63, 3.8) is 0 Å². The maximum Gasteiger partial charge on any atom is 0.0863 e. The van der Waals surface area contributed by atoms with Crippen molar-refractivity contribution >= 4 is 11.6 Å². The number of likely N-dealkylation sites (N-methyl/N-ethyl adjacent to an activating group) is 1. The summed E-state index contributed by atoms with van der Waals surface area (Å²) < 4.78 is 0. The molecule has 0 aliphatic carbocycles. The summed E-state index contributed by atoms with van der Waals surface area (Å²) in [5, 5.41) is 9.27. The number of halogens is 1. The van der Waals surface area contributed by atoms with Gasteiger partial charge in [0.05, 0.1) is 12.6 Å². The highest BCUT2D eigenvalue weighted by Gasteiger charge is 2.01. The van der Waals surface area contributed by atoms with Crippen LogP contribution in [0.3, 0.4) is 0 Å². The predicted octanol–water partition coefficient (Wildman–Crippen LogP) is 2.34. The highest BCUT2D eigenvalue weighted by atomic mass is 35.5. The summed E-state index contributed by atoms with van der Waals surface area (Å²) in [6, 6.07) is 9.92. The van der Waals surface area contributed by atoms with Gasteiger partial charge in [0.2, 0.25) is 0 Å². The Balaban J connectivity index is 2.46. The summed E-state index contributed by atoms with van der Waals surface area (Å²) in [6.45, 7) is 1.32. The van der Waals surface area contributed by atoms with Crippen LogP contribution in [0.15, 0.2) is 24.3 Å². The molecular formula is C11H13ClN2. The Bertz CT molecular complexity index is 330. The lowest BCUT2D eigenvalue weighted by Gasteiger charge is -2.12. The van der Waals surface area contributed by atoms with Gasteiger partial charge in [-0.25, -0.2) is 0 Å². The van der Waals surface area contributed by atoms with Gasteiger partial charge in [-0.15, -0.1) is 0 Å². The van der Waals surface area contributed by atoms with E-state index in [1.54, 1.807) is 0 Å². The molecule has 1 aromatic rings. The van der Waals surface area contributed by atoms with E-state index in [0.29, 0.717) is 6.54 Å². The molecule has 0 N–H and O–H groups in total. The van der Waals surface area contributed by atoms with Crippen LogP contribution in [0.4, 0.5) is 0 Å². The smallest absolute Gasteiger partial charge is 0.0863 e. The van der Waals surface area contributed by atoms with Crippen molar-refractivity contribution in [3.05, 3.63) is 34.9 Å². The van der Waals surface area contributed by atoms with Crippen molar-refractivity contribution in [1.29, 1.82) is 5.26 Å². The topological polar surface area (TPSA) is 27.0 Å². The van der Waals surface area contributed by atoms with E-state index >= 15 is 0 Å². The molecule has 74 valence electrons. The van der Waals surface area contributed by atoms with Gasteiger partial charge in [0.15, 0.2) is 0 Å². The second kappa shape index (κ2) is 5.64. The first-order valence-electron chi connectivity index (χ1n) is 4.53. The van der Waals surface area contributed by atoms with E-state index in [0.717, 1.165) is 23.6 Å². The van der Waals surface area contributed by atoms with Gasteiger partial charge in [0.1, 0.15) is 0 Å². The standard InChI is InChI=1S/C11H13ClN2/c1-14(9-7-13)8-6-10-4-2-3-5-11(10)12/h2-5H,6,8-9H2,1H3. The fourth-order valence-corrected chi connectivity index (χ4v) is 1.44. The molecule has 1 rings (SSSR count). The molecule has 1 aromatic carbocycles. The van der Waals surface area contributed by atoms with Gasteiger partial charge in [-0.2, -0.15) is 5.26 Å². The molecule has 2 nitrogen and oxygen atoms in total. The summed E-state index contributed by atoms with van der Waals surface area (Å²) >= 11 is 6.00. The van der Waals surface area contributed by atoms with Crippen molar-refractivity contribution < 1.29 is 0 Å². The van der Waals surface area contributed by atoms with Crippen LogP contribution in [0, 0.1) is 11.3 Å². The number of nitriles is 1. The second-order valence-electron chi connectivity index (χ2n) is 3.24. The lowest BCUT2D eigenvalue weighted by molar-refractivity contribution is 0.379. The molecule has 0 radical (unpaired) electrons. The average molecular weight is 209 g/mol. The minimum atomic E-state index is 0.463. The van der Waals surface area contributed by atoms with Gasteiger partial charge in [-0.05, 0) is 25.1 Å². The molecule has 0 aliphatic rings. The Morgan fingerprint density at radius 1 is 1.43 bits per heavy atom. The molecule has 0 aromatic heterocycles. The molecule has 3 heteroatoms. The van der Waals surface area contributed by atoms with Crippen LogP contribution in [0.1, 0.15) is 5.56 Å². The fraction of sp³-hybridized carbons (Fsp3) is 0.364. The van der Waals surface area contributed by atoms with Crippen LogP contribution >= 0.6 is 11.6 Å². The molecule has 0 saturated heterocycles. The SMILES string of the molecule is CN(CC#N)CCc1ccccc1Cl. The maximum absolute atomic E-state index is 8.47. The first kappa shape index (κ1) is 11.0. The Kier molecular flexibility index (Phi) is 4.45. The van der Waals surface area contributed by atoms with Crippen LogP contribution in [0.2, 0.25) is 5.02 Å². The maximum atomic E-state index is 8.47. The van der Waals surface area contributed by atoms with E-state index in [1.807, 2.05) is 36.2 Å². The van der Waals surface area contributed by atoms with E-state index in [4.69, 9.17) is 16.9 Å². The second-order valence-corrected chi connectivity index (χ2v) is 3.64. The minimum absolute atomic E-state index is 0.463. The molecule has 0 heterocycles. The normalized spacial score (nSPS) is 10.1. The van der Waals surface area contributed by atoms with Gasteiger partial charge >= 0.3 is 0 Å². The highest BCUT2D eigenvalue weighted by Crippen LogP contribution is 2.15. The quantitative estimate of drug-likeness (QED) is 0.711. The Morgan fingerprint density at radius 2 is 2.14 bits per heavy atom. The molecule has 0 atom stereocenters. The van der Waals surface area contributed by atoms with Crippen LogP contribution in [-0.4, -0.2) is 25.0 Å². The molecule has 0 unspecified atom stereocenters. The summed E-state index contributed by atoms with van der Waals surface area (Å²) in [5.74, 6) is 0. The zero-order chi connectivity index (χ0) is 10.4. The van der Waals surface area contributed by atoms with E-state index in [-0.39, 0.29) is 0 Å². The number of hydrogen-bond donors (Lipinski definition) is 0. The molecule has 0 saturated carbocycles. The first-order chi connectivity index (χ1) is 6.74. The number of benzene rings is 1. The van der Waals surface area contributed by atoms with Crippen molar-refractivity contribution in [2.75, 3.05) is 20.1 Å². The zero-order valence-corrected chi connectivity index (χ0v) is 8.96. The third-order valence-corrected chi connectivity index (χ3v) is 2.43. The van der Waals surface area contributed by atoms with E-state index < -0.39 is 0 Å². The number of hydrogen-bond acceptors (Lipinski definition) is 2. The molecule has 0 aliphatic heterocycles. The van der Waals surface area contributed by atoms with Crippen molar-refractivity contribution in [3.8, 4) is 6.07 Å². The predicted molar refractivity (Wildman–Crippen MR) is 58.3 cm³/mol. The van der Waals surface area contributed by atoms with Gasteiger partial charge in [-0.3, -0.25) is 4.90 Å². The Labute approximate surface area is 89.7 Å². The fourth-order valence-electron chi connectivity index (χ4n) is 1.21. The van der Waals surface area contributed by atoms with Gasteiger partial charge in [0, 0.05) is 11.6 Å². The third-order valence-electron chi connectivity index (χ3n) is 2.06. The Hall–Kier alpha value is -1.04. The molecule has 0 bridgehead atoms. The Morgan fingerprint density at radius 3 is 2.79 bits per heavy atom. The van der Waals surface area contributed by atoms with Crippen LogP contribution in [0.25, 0.3) is 0 Å². The lowest BCUT2D eigenvalue weighted by Crippen LogP contribution is -2.21. The van der Waals surface area contributed by atoms with Crippen molar-refractivity contribution in [1.82, 2.24) is 4.90 Å².